The normalized spacial score (nSPS) is 12.5. The summed E-state index contributed by atoms with van der Waals surface area (Å²) in [4.78, 5) is 28.5. The molecule has 0 aliphatic heterocycles. The van der Waals surface area contributed by atoms with Gasteiger partial charge in [0.25, 0.3) is 10.0 Å². The first-order valence-electron chi connectivity index (χ1n) is 12.6. The molecule has 1 atom stereocenters. The Morgan fingerprint density at radius 1 is 0.902 bits per heavy atom. The second-order valence-electron chi connectivity index (χ2n) is 10.6. The maximum absolute atomic E-state index is 14.0. The number of anilines is 1. The molecule has 12 heteroatoms. The van der Waals surface area contributed by atoms with Crippen molar-refractivity contribution in [2.75, 3.05) is 10.8 Å². The zero-order valence-electron chi connectivity index (χ0n) is 23.2. The van der Waals surface area contributed by atoms with Gasteiger partial charge in [-0.25, -0.2) is 8.42 Å². The number of nitrogens with one attached hydrogen (secondary N) is 1. The number of hydrogen-bond acceptors (Lipinski definition) is 4. The van der Waals surface area contributed by atoms with Crippen molar-refractivity contribution in [1.82, 2.24) is 10.2 Å². The van der Waals surface area contributed by atoms with Crippen LogP contribution in [-0.2, 0) is 26.2 Å². The van der Waals surface area contributed by atoms with E-state index < -0.39 is 40.0 Å². The second kappa shape index (κ2) is 13.2. The van der Waals surface area contributed by atoms with Gasteiger partial charge in [-0.15, -0.1) is 0 Å². The summed E-state index contributed by atoms with van der Waals surface area (Å²) in [5, 5.41) is 3.56. The standard InChI is InChI=1S/C29H31Cl4N3O4S/c1-18-9-12-21(13-10-18)41(39,40)36(25-8-6-7-23(31)27(25)33)17-26(37)35(19(2)28(38)34-29(3,4)5)16-20-11-14-22(30)24(32)15-20/h6-15,19H,16-17H2,1-5H3,(H,34,38). The monoisotopic (exact) mass is 657 g/mol. The van der Waals surface area contributed by atoms with Crippen molar-refractivity contribution in [2.24, 2.45) is 0 Å². The van der Waals surface area contributed by atoms with Gasteiger partial charge in [0, 0.05) is 12.1 Å². The average Bonchev–Trinajstić information content (AvgIpc) is 2.88. The van der Waals surface area contributed by atoms with E-state index in [9.17, 15) is 18.0 Å². The van der Waals surface area contributed by atoms with Gasteiger partial charge in [0.1, 0.15) is 12.6 Å². The van der Waals surface area contributed by atoms with Crippen molar-refractivity contribution in [1.29, 1.82) is 0 Å². The summed E-state index contributed by atoms with van der Waals surface area (Å²) < 4.78 is 28.8. The van der Waals surface area contributed by atoms with Crippen LogP contribution in [0.1, 0.15) is 38.8 Å². The molecular formula is C29H31Cl4N3O4S. The molecule has 2 amide bonds. The summed E-state index contributed by atoms with van der Waals surface area (Å²) in [5.74, 6) is -1.07. The van der Waals surface area contributed by atoms with Crippen LogP contribution in [0.4, 0.5) is 5.69 Å². The van der Waals surface area contributed by atoms with Crippen molar-refractivity contribution < 1.29 is 18.0 Å². The van der Waals surface area contributed by atoms with Crippen molar-refractivity contribution in [3.05, 3.63) is 91.9 Å². The SMILES string of the molecule is Cc1ccc(S(=O)(=O)N(CC(=O)N(Cc2ccc(Cl)c(Cl)c2)C(C)C(=O)NC(C)(C)C)c2cccc(Cl)c2Cl)cc1. The summed E-state index contributed by atoms with van der Waals surface area (Å²) in [6, 6.07) is 14.6. The third-order valence-electron chi connectivity index (χ3n) is 6.09. The van der Waals surface area contributed by atoms with E-state index in [-0.39, 0.29) is 32.2 Å². The van der Waals surface area contributed by atoms with Crippen LogP contribution in [0.15, 0.2) is 65.6 Å². The number of rotatable bonds is 9. The number of amides is 2. The lowest BCUT2D eigenvalue weighted by Crippen LogP contribution is -2.54. The van der Waals surface area contributed by atoms with Gasteiger partial charge >= 0.3 is 0 Å². The van der Waals surface area contributed by atoms with Crippen molar-refractivity contribution in [2.45, 2.75) is 57.6 Å². The van der Waals surface area contributed by atoms with E-state index in [1.54, 1.807) is 43.3 Å². The van der Waals surface area contributed by atoms with Crippen LogP contribution in [0, 0.1) is 6.92 Å². The van der Waals surface area contributed by atoms with Crippen LogP contribution >= 0.6 is 46.4 Å². The molecule has 0 aliphatic carbocycles. The van der Waals surface area contributed by atoms with Gasteiger partial charge in [-0.3, -0.25) is 13.9 Å². The number of benzene rings is 3. The summed E-state index contributed by atoms with van der Waals surface area (Å²) >= 11 is 25.0. The number of carbonyl (C=O) groups is 2. The minimum absolute atomic E-state index is 0.0226. The molecule has 0 saturated carbocycles. The largest absolute Gasteiger partial charge is 0.350 e. The van der Waals surface area contributed by atoms with E-state index >= 15 is 0 Å². The zero-order valence-corrected chi connectivity index (χ0v) is 27.1. The van der Waals surface area contributed by atoms with Crippen LogP contribution in [0.5, 0.6) is 0 Å². The first-order valence-corrected chi connectivity index (χ1v) is 15.6. The predicted octanol–water partition coefficient (Wildman–Crippen LogP) is 7.14. The molecule has 0 heterocycles. The van der Waals surface area contributed by atoms with Gasteiger partial charge in [-0.05, 0) is 76.6 Å². The smallest absolute Gasteiger partial charge is 0.264 e. The molecule has 0 fully saturated rings. The maximum Gasteiger partial charge on any atom is 0.264 e. The topological polar surface area (TPSA) is 86.8 Å². The van der Waals surface area contributed by atoms with E-state index in [1.807, 2.05) is 27.7 Å². The number of hydrogen-bond donors (Lipinski definition) is 1. The Bertz CT molecular complexity index is 1540. The molecular weight excluding hydrogens is 628 g/mol. The highest BCUT2D eigenvalue weighted by Gasteiger charge is 2.34. The van der Waals surface area contributed by atoms with E-state index in [0.29, 0.717) is 10.6 Å². The first kappa shape index (κ1) is 33.0. The van der Waals surface area contributed by atoms with Gasteiger partial charge in [-0.2, -0.15) is 0 Å². The highest BCUT2D eigenvalue weighted by Crippen LogP contribution is 2.35. The van der Waals surface area contributed by atoms with Crippen molar-refractivity contribution in [3.63, 3.8) is 0 Å². The molecule has 3 aromatic carbocycles. The molecule has 220 valence electrons. The quantitative estimate of drug-likeness (QED) is 0.265. The van der Waals surface area contributed by atoms with Crippen LogP contribution in [-0.4, -0.2) is 43.3 Å². The van der Waals surface area contributed by atoms with Gasteiger partial charge in [0.2, 0.25) is 11.8 Å². The fraction of sp³-hybridized carbons (Fsp3) is 0.310. The zero-order chi connectivity index (χ0) is 30.7. The van der Waals surface area contributed by atoms with Gasteiger partial charge in [0.15, 0.2) is 0 Å². The van der Waals surface area contributed by atoms with Gasteiger partial charge in [0.05, 0.1) is 30.7 Å². The number of aryl methyl sites for hydroxylation is 1. The molecule has 41 heavy (non-hydrogen) atoms. The lowest BCUT2D eigenvalue weighted by atomic mass is 10.1. The molecule has 0 spiro atoms. The molecule has 1 unspecified atom stereocenters. The Morgan fingerprint density at radius 3 is 2.12 bits per heavy atom. The number of halogens is 4. The molecule has 0 aliphatic rings. The molecule has 1 N–H and O–H groups in total. The van der Waals surface area contributed by atoms with Gasteiger partial charge in [-0.1, -0.05) is 76.2 Å². The summed E-state index contributed by atoms with van der Waals surface area (Å²) in [5.41, 5.74) is 0.906. The highest BCUT2D eigenvalue weighted by atomic mass is 35.5. The summed E-state index contributed by atoms with van der Waals surface area (Å²) in [6.45, 7) is 8.15. The van der Waals surface area contributed by atoms with Crippen LogP contribution in [0.25, 0.3) is 0 Å². The fourth-order valence-electron chi connectivity index (χ4n) is 3.93. The van der Waals surface area contributed by atoms with Crippen LogP contribution in [0.3, 0.4) is 0 Å². The Balaban J connectivity index is 2.10. The Morgan fingerprint density at radius 2 is 1.54 bits per heavy atom. The molecule has 0 saturated heterocycles. The fourth-order valence-corrected chi connectivity index (χ4v) is 6.12. The number of sulfonamides is 1. The maximum atomic E-state index is 14.0. The Kier molecular flexibility index (Phi) is 10.6. The summed E-state index contributed by atoms with van der Waals surface area (Å²) in [6.07, 6.45) is 0. The Hall–Kier alpha value is -2.49. The number of nitrogens with zero attached hydrogens (tertiary/aromatic N) is 2. The lowest BCUT2D eigenvalue weighted by Gasteiger charge is -2.33. The van der Waals surface area contributed by atoms with E-state index in [0.717, 1.165) is 9.87 Å². The summed E-state index contributed by atoms with van der Waals surface area (Å²) in [7, 11) is -4.30. The van der Waals surface area contributed by atoms with Crippen molar-refractivity contribution >= 4 is 73.9 Å². The minimum atomic E-state index is -4.30. The van der Waals surface area contributed by atoms with Gasteiger partial charge < -0.3 is 10.2 Å². The lowest BCUT2D eigenvalue weighted by molar-refractivity contribution is -0.140. The molecule has 7 nitrogen and oxygen atoms in total. The van der Waals surface area contributed by atoms with Crippen molar-refractivity contribution in [3.8, 4) is 0 Å². The van der Waals surface area contributed by atoms with Crippen LogP contribution < -0.4 is 9.62 Å². The molecule has 3 aromatic rings. The average molecular weight is 659 g/mol. The Labute approximate surface area is 261 Å². The van der Waals surface area contributed by atoms with E-state index in [1.165, 1.54) is 29.2 Å². The number of carbonyl (C=O) groups excluding carboxylic acids is 2. The molecule has 0 aromatic heterocycles. The van der Waals surface area contributed by atoms with E-state index in [4.69, 9.17) is 46.4 Å². The third kappa shape index (κ3) is 8.30. The molecule has 0 bridgehead atoms. The minimum Gasteiger partial charge on any atom is -0.350 e. The highest BCUT2D eigenvalue weighted by molar-refractivity contribution is 7.92. The second-order valence-corrected chi connectivity index (χ2v) is 14.0. The third-order valence-corrected chi connectivity index (χ3v) is 9.41. The molecule has 3 rings (SSSR count). The molecule has 0 radical (unpaired) electrons. The first-order chi connectivity index (χ1) is 19.0. The van der Waals surface area contributed by atoms with E-state index in [2.05, 4.69) is 5.32 Å². The predicted molar refractivity (Wildman–Crippen MR) is 167 cm³/mol. The van der Waals surface area contributed by atoms with Crippen LogP contribution in [0.2, 0.25) is 20.1 Å².